The van der Waals surface area contributed by atoms with Crippen LogP contribution in [0, 0.1) is 0 Å². The number of carboxylic acids is 4. The average Bonchev–Trinajstić information content (AvgIpc) is 2.12. The molecule has 0 aliphatic heterocycles. The van der Waals surface area contributed by atoms with Gasteiger partial charge in [0.25, 0.3) is 0 Å². The van der Waals surface area contributed by atoms with Gasteiger partial charge in [0.2, 0.25) is 0 Å². The van der Waals surface area contributed by atoms with Gasteiger partial charge in [-0.15, -0.1) is 0 Å². The summed E-state index contributed by atoms with van der Waals surface area (Å²) in [4.78, 5) is 37.7. The van der Waals surface area contributed by atoms with E-state index in [0.29, 0.717) is 24.3 Å². The van der Waals surface area contributed by atoms with E-state index in [9.17, 15) is 39.6 Å². The second-order valence-electron chi connectivity index (χ2n) is 1.94. The Morgan fingerprint density at radius 1 is 0.370 bits per heavy atom. The molecule has 0 heterocycles. The molecule has 0 rings (SSSR count). The van der Waals surface area contributed by atoms with Crippen LogP contribution < -0.4 is 94.9 Å². The summed E-state index contributed by atoms with van der Waals surface area (Å²) in [5.41, 5.74) is 0. The van der Waals surface area contributed by atoms with E-state index in [2.05, 4.69) is 0 Å². The fourth-order valence-corrected chi connectivity index (χ4v) is 0.272. The molecule has 0 fully saturated rings. The van der Waals surface area contributed by atoms with Gasteiger partial charge in [-0.25, -0.2) is 0 Å². The fraction of sp³-hybridized carbons (Fsp3) is 0. The first-order chi connectivity index (χ1) is 7.25. The SMILES string of the molecule is O=C([O-])/C=C\C(=O)[O-].O=C([O-])/C=C\C(=O)[O-].[Cl-].[Cl-].[Cl-].[Cl-].[Cl-].[Cl-].[Pb+2].[Pb+2].[Pb+2].[Pb+2].[Pb+2]. The molecule has 0 unspecified atom stereocenters. The van der Waals surface area contributed by atoms with Crippen LogP contribution in [0.2, 0.25) is 0 Å². The molecule has 0 amide bonds. The Morgan fingerprint density at radius 2 is 0.444 bits per heavy atom. The third-order valence-electron chi connectivity index (χ3n) is 0.711. The van der Waals surface area contributed by atoms with Crippen molar-refractivity contribution < 1.29 is 114 Å². The smallest absolute Gasteiger partial charge is 1.00 e. The van der Waals surface area contributed by atoms with Gasteiger partial charge in [0.05, 0.1) is 23.9 Å². The summed E-state index contributed by atoms with van der Waals surface area (Å²) in [6, 6.07) is 0. The normalized spacial score (nSPS) is 5.63. The molecule has 146 valence electrons. The number of carbonyl (C=O) groups excluding carboxylic acids is 4. The van der Waals surface area contributed by atoms with Gasteiger partial charge in [-0.1, -0.05) is 0 Å². The average molecular weight is 1480 g/mol. The predicted molar refractivity (Wildman–Crippen MR) is 67.1 cm³/mol. The molecule has 8 nitrogen and oxygen atoms in total. The molecule has 0 aliphatic rings. The van der Waals surface area contributed by atoms with Crippen molar-refractivity contribution >= 4 is 160 Å². The molecule has 0 aromatic rings. The molecular weight excluding hydrogens is 1470 g/mol. The zero-order valence-corrected chi connectivity index (χ0v) is 36.3. The van der Waals surface area contributed by atoms with E-state index in [-0.39, 0.29) is 211 Å². The molecule has 0 aliphatic carbocycles. The van der Waals surface area contributed by atoms with Crippen LogP contribution in [0.4, 0.5) is 0 Å². The van der Waals surface area contributed by atoms with Crippen LogP contribution in [0.3, 0.4) is 0 Å². The van der Waals surface area contributed by atoms with Gasteiger partial charge in [0, 0.05) is 0 Å². The molecule has 0 N–H and O–H groups in total. The van der Waals surface area contributed by atoms with Crippen LogP contribution >= 0.6 is 0 Å². The largest absolute Gasteiger partial charge is 2.00 e. The summed E-state index contributed by atoms with van der Waals surface area (Å²) in [7, 11) is 0. The van der Waals surface area contributed by atoms with Crippen LogP contribution in [-0.2, 0) is 19.2 Å². The van der Waals surface area contributed by atoms with E-state index in [1.165, 1.54) is 0 Å². The van der Waals surface area contributed by atoms with Gasteiger partial charge >= 0.3 is 136 Å². The molecule has 0 aromatic heterocycles. The van der Waals surface area contributed by atoms with Crippen molar-refractivity contribution in [3.63, 3.8) is 0 Å². The quantitative estimate of drug-likeness (QED) is 0.199. The number of carboxylic acid groups (broad SMARTS) is 4. The third kappa shape index (κ3) is 121. The Kier molecular flexibility index (Phi) is 202. The maximum absolute atomic E-state index is 9.41. The molecule has 0 bridgehead atoms. The number of hydrogen-bond acceptors (Lipinski definition) is 8. The summed E-state index contributed by atoms with van der Waals surface area (Å²) in [6.45, 7) is 0. The second kappa shape index (κ2) is 63.0. The van der Waals surface area contributed by atoms with E-state index in [1.807, 2.05) is 0 Å². The predicted octanol–water partition coefficient (Wildman–Crippen LogP) is -25.8. The number of rotatable bonds is 4. The Bertz CT molecular complexity index is 309. The van der Waals surface area contributed by atoms with Gasteiger partial charge in [-0.2, -0.15) is 0 Å². The zero-order valence-electron chi connectivity index (χ0n) is 12.3. The standard InChI is InChI=1S/2C4H4O4.6ClH.5Pb/c2*5-3(6)1-2-4(7)8;;;;;;;;;;;/h2*1-2H,(H,5,6)(H,7,8);6*1H;;;;;/q;;;;;;;;5*+2/p-10/b2*2-1-;;;;;;;;;;;. The Labute approximate surface area is 293 Å². The minimum atomic E-state index is -1.55. The van der Waals surface area contributed by atoms with Gasteiger partial charge in [-0.3, -0.25) is 0 Å². The van der Waals surface area contributed by atoms with Crippen LogP contribution in [0.5, 0.6) is 0 Å². The number of hydrogen-bond donors (Lipinski definition) is 0. The van der Waals surface area contributed by atoms with E-state index < -0.39 is 23.9 Å². The van der Waals surface area contributed by atoms with Crippen LogP contribution in [0.1, 0.15) is 0 Å². The second-order valence-corrected chi connectivity index (χ2v) is 1.94. The third-order valence-corrected chi connectivity index (χ3v) is 0.711. The van der Waals surface area contributed by atoms with Gasteiger partial charge in [0.1, 0.15) is 0 Å². The summed E-state index contributed by atoms with van der Waals surface area (Å²) >= 11 is 0. The maximum atomic E-state index is 9.41. The zero-order chi connectivity index (χ0) is 13.1. The monoisotopic (exact) mass is 1480 g/mol. The number of halogens is 6. The first kappa shape index (κ1) is 86.4. The Balaban J connectivity index is -0.00000000938. The number of aliphatic carboxylic acids is 4. The molecule has 19 heteroatoms. The fourth-order valence-electron chi connectivity index (χ4n) is 0.272. The van der Waals surface area contributed by atoms with Crippen molar-refractivity contribution in [2.45, 2.75) is 0 Å². The molecule has 0 atom stereocenters. The summed E-state index contributed by atoms with van der Waals surface area (Å²) in [5, 5.41) is 37.7. The first-order valence-electron chi connectivity index (χ1n) is 3.45. The van der Waals surface area contributed by atoms with E-state index in [0.717, 1.165) is 0 Å². The Morgan fingerprint density at radius 3 is 0.481 bits per heavy atom. The van der Waals surface area contributed by atoms with Crippen molar-refractivity contribution in [1.29, 1.82) is 0 Å². The van der Waals surface area contributed by atoms with Crippen molar-refractivity contribution in [3.8, 4) is 0 Å². The Hall–Kier alpha value is 3.71. The van der Waals surface area contributed by atoms with Crippen LogP contribution in [0.25, 0.3) is 0 Å². The minimum absolute atomic E-state index is 0. The van der Waals surface area contributed by atoms with Crippen molar-refractivity contribution in [1.82, 2.24) is 0 Å². The van der Waals surface area contributed by atoms with E-state index in [1.54, 1.807) is 0 Å². The molecule has 10 radical (unpaired) electrons. The van der Waals surface area contributed by atoms with E-state index >= 15 is 0 Å². The summed E-state index contributed by atoms with van der Waals surface area (Å²) < 4.78 is 0. The number of carbonyl (C=O) groups is 4. The van der Waals surface area contributed by atoms with Crippen LogP contribution in [0.15, 0.2) is 24.3 Å². The van der Waals surface area contributed by atoms with Crippen molar-refractivity contribution in [2.24, 2.45) is 0 Å². The molecule has 0 spiro atoms. The summed E-state index contributed by atoms with van der Waals surface area (Å²) in [5.74, 6) is -6.19. The van der Waals surface area contributed by atoms with E-state index in [4.69, 9.17) is 0 Å². The first-order valence-corrected chi connectivity index (χ1v) is 3.45. The molecule has 27 heavy (non-hydrogen) atoms. The maximum Gasteiger partial charge on any atom is 2.00 e. The van der Waals surface area contributed by atoms with Crippen LogP contribution in [-0.4, -0.2) is 160 Å². The summed E-state index contributed by atoms with van der Waals surface area (Å²) in [6.07, 6.45) is 1.54. The van der Waals surface area contributed by atoms with Crippen molar-refractivity contribution in [2.75, 3.05) is 0 Å². The van der Waals surface area contributed by atoms with Gasteiger partial charge in [0.15, 0.2) is 0 Å². The molecule has 0 saturated carbocycles. The van der Waals surface area contributed by atoms with Crippen molar-refractivity contribution in [3.05, 3.63) is 24.3 Å². The van der Waals surface area contributed by atoms with Gasteiger partial charge in [-0.05, 0) is 24.3 Å². The van der Waals surface area contributed by atoms with Gasteiger partial charge < -0.3 is 114 Å². The molecule has 0 saturated heterocycles. The molecule has 0 aromatic carbocycles. The minimum Gasteiger partial charge on any atom is -1.00 e. The topological polar surface area (TPSA) is 161 Å². The molecular formula is C8H4Cl6O8Pb5.